The standard InChI is InChI=1S/C20H19ClF3N3O2/c21-15-4-6-17(25-11-15)29-18-7-5-16-8-9-26(12-27(16)18)19(28)13-2-1-3-14(10-13)20(22,23)24/h1-4,6,10-11,16,18H,5,7-9,12H2/t16-,18-/m0/s1. The fraction of sp³-hybridized carbons (Fsp3) is 0.400. The summed E-state index contributed by atoms with van der Waals surface area (Å²) in [7, 11) is 0. The highest BCUT2D eigenvalue weighted by atomic mass is 35.5. The number of alkyl halides is 3. The van der Waals surface area contributed by atoms with E-state index in [-0.39, 0.29) is 17.8 Å². The van der Waals surface area contributed by atoms with Crippen molar-refractivity contribution in [3.63, 3.8) is 0 Å². The van der Waals surface area contributed by atoms with E-state index in [0.29, 0.717) is 24.1 Å². The number of aromatic nitrogens is 1. The molecule has 2 aliphatic rings. The summed E-state index contributed by atoms with van der Waals surface area (Å²) in [4.78, 5) is 20.6. The van der Waals surface area contributed by atoms with E-state index in [9.17, 15) is 18.0 Å². The van der Waals surface area contributed by atoms with Crippen molar-refractivity contribution in [2.45, 2.75) is 37.7 Å². The molecule has 0 aliphatic carbocycles. The first-order valence-electron chi connectivity index (χ1n) is 9.32. The zero-order valence-corrected chi connectivity index (χ0v) is 16.2. The molecule has 0 N–H and O–H groups in total. The highest BCUT2D eigenvalue weighted by Gasteiger charge is 2.40. The molecule has 0 saturated carbocycles. The summed E-state index contributed by atoms with van der Waals surface area (Å²) in [6.45, 7) is 0.806. The summed E-state index contributed by atoms with van der Waals surface area (Å²) in [5.74, 6) is 0.0335. The van der Waals surface area contributed by atoms with Gasteiger partial charge in [0.25, 0.3) is 5.91 Å². The van der Waals surface area contributed by atoms with Gasteiger partial charge in [0.05, 0.1) is 17.3 Å². The topological polar surface area (TPSA) is 45.7 Å². The molecule has 3 heterocycles. The average Bonchev–Trinajstić information content (AvgIpc) is 3.10. The fourth-order valence-electron chi connectivity index (χ4n) is 3.87. The molecule has 0 bridgehead atoms. The van der Waals surface area contributed by atoms with Crippen LogP contribution < -0.4 is 4.74 Å². The number of nitrogens with zero attached hydrogens (tertiary/aromatic N) is 3. The first kappa shape index (κ1) is 20.0. The van der Waals surface area contributed by atoms with Crippen LogP contribution in [0.3, 0.4) is 0 Å². The molecule has 2 atom stereocenters. The Labute approximate surface area is 171 Å². The minimum absolute atomic E-state index is 0.0364. The lowest BCUT2D eigenvalue weighted by atomic mass is 10.1. The van der Waals surface area contributed by atoms with Crippen LogP contribution in [-0.2, 0) is 6.18 Å². The van der Waals surface area contributed by atoms with Crippen molar-refractivity contribution in [3.8, 4) is 5.88 Å². The van der Waals surface area contributed by atoms with E-state index in [1.807, 2.05) is 0 Å². The fourth-order valence-corrected chi connectivity index (χ4v) is 3.98. The second kappa shape index (κ2) is 7.84. The molecule has 29 heavy (non-hydrogen) atoms. The molecule has 2 aliphatic heterocycles. The number of ether oxygens (including phenoxy) is 1. The van der Waals surface area contributed by atoms with Gasteiger partial charge < -0.3 is 9.64 Å². The molecule has 1 amide bonds. The van der Waals surface area contributed by atoms with Gasteiger partial charge in [0.2, 0.25) is 5.88 Å². The molecule has 9 heteroatoms. The molecule has 0 unspecified atom stereocenters. The molecule has 4 rings (SSSR count). The summed E-state index contributed by atoms with van der Waals surface area (Å²) >= 11 is 5.85. The van der Waals surface area contributed by atoms with Crippen LogP contribution in [0.25, 0.3) is 0 Å². The number of benzene rings is 1. The number of hydrogen-bond donors (Lipinski definition) is 0. The maximum Gasteiger partial charge on any atom is 0.416 e. The predicted octanol–water partition coefficient (Wildman–Crippen LogP) is 4.43. The number of carbonyl (C=O) groups excluding carboxylic acids is 1. The van der Waals surface area contributed by atoms with Gasteiger partial charge in [-0.05, 0) is 43.5 Å². The summed E-state index contributed by atoms with van der Waals surface area (Å²) in [6.07, 6.45) is -0.750. The monoisotopic (exact) mass is 425 g/mol. The molecule has 2 saturated heterocycles. The maximum atomic E-state index is 13.0. The van der Waals surface area contributed by atoms with Gasteiger partial charge in [0, 0.05) is 30.4 Å². The van der Waals surface area contributed by atoms with Crippen LogP contribution in [0.5, 0.6) is 5.88 Å². The maximum absolute atomic E-state index is 13.0. The number of hydrogen-bond acceptors (Lipinski definition) is 4. The Morgan fingerprint density at radius 1 is 1.17 bits per heavy atom. The number of amides is 1. The number of pyridine rings is 1. The van der Waals surface area contributed by atoms with E-state index in [2.05, 4.69) is 9.88 Å². The van der Waals surface area contributed by atoms with Crippen molar-refractivity contribution in [2.75, 3.05) is 13.2 Å². The third-order valence-corrected chi connectivity index (χ3v) is 5.56. The second-order valence-electron chi connectivity index (χ2n) is 7.21. The third-order valence-electron chi connectivity index (χ3n) is 5.33. The molecule has 2 fully saturated rings. The molecular weight excluding hydrogens is 407 g/mol. The van der Waals surface area contributed by atoms with Crippen LogP contribution in [0.2, 0.25) is 5.02 Å². The van der Waals surface area contributed by atoms with Gasteiger partial charge in [-0.25, -0.2) is 9.88 Å². The summed E-state index contributed by atoms with van der Waals surface area (Å²) in [5, 5.41) is 0.512. The van der Waals surface area contributed by atoms with Gasteiger partial charge in [-0.1, -0.05) is 17.7 Å². The van der Waals surface area contributed by atoms with Crippen LogP contribution in [0.4, 0.5) is 13.2 Å². The van der Waals surface area contributed by atoms with Crippen LogP contribution in [-0.4, -0.2) is 46.2 Å². The zero-order valence-electron chi connectivity index (χ0n) is 15.4. The van der Waals surface area contributed by atoms with Crippen molar-refractivity contribution in [2.24, 2.45) is 0 Å². The third kappa shape index (κ3) is 4.33. The second-order valence-corrected chi connectivity index (χ2v) is 7.65. The normalized spacial score (nSPS) is 22.4. The minimum atomic E-state index is -4.48. The van der Waals surface area contributed by atoms with E-state index >= 15 is 0 Å². The van der Waals surface area contributed by atoms with Crippen LogP contribution in [0.1, 0.15) is 35.2 Å². The number of halogens is 4. The summed E-state index contributed by atoms with van der Waals surface area (Å²) in [5.41, 5.74) is -0.788. The molecule has 2 aromatic rings. The van der Waals surface area contributed by atoms with Gasteiger partial charge in [-0.15, -0.1) is 0 Å². The van der Waals surface area contributed by atoms with Crippen LogP contribution in [0.15, 0.2) is 42.6 Å². The van der Waals surface area contributed by atoms with Gasteiger partial charge in [0.1, 0.15) is 0 Å². The molecule has 0 radical (unpaired) electrons. The first-order valence-corrected chi connectivity index (χ1v) is 9.69. The van der Waals surface area contributed by atoms with Crippen LogP contribution in [0, 0.1) is 0 Å². The quantitative estimate of drug-likeness (QED) is 0.730. The Morgan fingerprint density at radius 2 is 2.00 bits per heavy atom. The van der Waals surface area contributed by atoms with Gasteiger partial charge >= 0.3 is 6.18 Å². The first-order chi connectivity index (χ1) is 13.8. The summed E-state index contributed by atoms with van der Waals surface area (Å²) < 4.78 is 44.9. The Balaban J connectivity index is 1.47. The highest BCUT2D eigenvalue weighted by molar-refractivity contribution is 6.30. The molecular formula is C20H19ClF3N3O2. The molecule has 1 aromatic heterocycles. The van der Waals surface area contributed by atoms with E-state index < -0.39 is 17.6 Å². The number of rotatable bonds is 3. The van der Waals surface area contributed by atoms with E-state index in [1.165, 1.54) is 18.3 Å². The Bertz CT molecular complexity index is 891. The number of fused-ring (bicyclic) bond motifs is 1. The summed E-state index contributed by atoms with van der Waals surface area (Å²) in [6, 6.07) is 8.20. The van der Waals surface area contributed by atoms with Crippen molar-refractivity contribution >= 4 is 17.5 Å². The van der Waals surface area contributed by atoms with Gasteiger partial charge in [-0.2, -0.15) is 13.2 Å². The lowest BCUT2D eigenvalue weighted by molar-refractivity contribution is -0.137. The van der Waals surface area contributed by atoms with Gasteiger partial charge in [0.15, 0.2) is 6.23 Å². The van der Waals surface area contributed by atoms with Crippen molar-refractivity contribution < 1.29 is 22.7 Å². The Morgan fingerprint density at radius 3 is 2.72 bits per heavy atom. The van der Waals surface area contributed by atoms with Crippen molar-refractivity contribution in [1.82, 2.24) is 14.8 Å². The van der Waals surface area contributed by atoms with Gasteiger partial charge in [-0.3, -0.25) is 4.79 Å². The minimum Gasteiger partial charge on any atom is -0.458 e. The lowest BCUT2D eigenvalue weighted by Gasteiger charge is -2.40. The highest BCUT2D eigenvalue weighted by Crippen LogP contribution is 2.33. The smallest absolute Gasteiger partial charge is 0.416 e. The predicted molar refractivity (Wildman–Crippen MR) is 100 cm³/mol. The number of carbonyl (C=O) groups is 1. The Kier molecular flexibility index (Phi) is 5.40. The van der Waals surface area contributed by atoms with Crippen molar-refractivity contribution in [3.05, 3.63) is 58.7 Å². The van der Waals surface area contributed by atoms with E-state index in [4.69, 9.17) is 16.3 Å². The SMILES string of the molecule is O=C(c1cccc(C(F)(F)F)c1)N1CC[C@@H]2CC[C@H](Oc3ccc(Cl)cn3)N2C1. The molecule has 0 spiro atoms. The van der Waals surface area contributed by atoms with E-state index in [0.717, 1.165) is 31.4 Å². The van der Waals surface area contributed by atoms with Crippen molar-refractivity contribution in [1.29, 1.82) is 0 Å². The average molecular weight is 426 g/mol. The largest absolute Gasteiger partial charge is 0.458 e. The lowest BCUT2D eigenvalue weighted by Crippen LogP contribution is -2.53. The Hall–Kier alpha value is -2.32. The molecule has 1 aromatic carbocycles. The molecule has 5 nitrogen and oxygen atoms in total. The molecule has 154 valence electrons. The van der Waals surface area contributed by atoms with Crippen LogP contribution >= 0.6 is 11.6 Å². The zero-order chi connectivity index (χ0) is 20.6. The van der Waals surface area contributed by atoms with E-state index in [1.54, 1.807) is 17.0 Å².